The van der Waals surface area contributed by atoms with Gasteiger partial charge in [-0.15, -0.1) is 12.7 Å². The first-order valence-corrected chi connectivity index (χ1v) is 4.97. The Morgan fingerprint density at radius 3 is 2.21 bits per heavy atom. The van der Waals surface area contributed by atoms with E-state index in [0.29, 0.717) is 0 Å². The van der Waals surface area contributed by atoms with Gasteiger partial charge in [0.1, 0.15) is 0 Å². The molecule has 0 fully saturated rings. The second kappa shape index (κ2) is 10.3. The van der Waals surface area contributed by atoms with E-state index in [2.05, 4.69) is 37.4 Å². The molecule has 0 saturated heterocycles. The molecule has 0 heterocycles. The van der Waals surface area contributed by atoms with Gasteiger partial charge in [0.15, 0.2) is 0 Å². The summed E-state index contributed by atoms with van der Waals surface area (Å²) in [7, 11) is 1.84. The van der Waals surface area contributed by atoms with Gasteiger partial charge in [-0.2, -0.15) is 0 Å². The minimum atomic E-state index is 0. The van der Waals surface area contributed by atoms with Crippen LogP contribution in [-0.2, 0) is 6.42 Å². The Morgan fingerprint density at radius 1 is 1.21 bits per heavy atom. The van der Waals surface area contributed by atoms with Crippen molar-refractivity contribution in [3.8, 4) is 0 Å². The van der Waals surface area contributed by atoms with Crippen LogP contribution in [0, 0.1) is 6.92 Å². The van der Waals surface area contributed by atoms with E-state index in [4.69, 9.17) is 0 Å². The molecule has 0 aliphatic carbocycles. The van der Waals surface area contributed by atoms with Crippen molar-refractivity contribution in [1.29, 1.82) is 0 Å². The summed E-state index contributed by atoms with van der Waals surface area (Å²) in [5.74, 6) is 0. The maximum Gasteiger partial charge on any atom is 1.00 e. The van der Waals surface area contributed by atoms with E-state index in [0.717, 1.165) is 12.1 Å². The Morgan fingerprint density at radius 2 is 1.79 bits per heavy atom. The molecule has 0 aliphatic rings. The average Bonchev–Trinajstić information content (AvgIpc) is 2.20. The second-order valence-corrected chi connectivity index (χ2v) is 2.71. The monoisotopic (exact) mass is 263 g/mol. The van der Waals surface area contributed by atoms with Crippen LogP contribution in [0.1, 0.15) is 31.9 Å². The molecule has 0 spiro atoms. The number of aryl methyl sites for hydroxylation is 2. The maximum absolute atomic E-state index is 4.20. The van der Waals surface area contributed by atoms with Crippen LogP contribution in [0.2, 0.25) is 0 Å². The Bertz CT molecular complexity index is 246. The van der Waals surface area contributed by atoms with Crippen LogP contribution in [0.4, 0.5) is 5.69 Å². The number of rotatable bonds is 2. The molecule has 74 valence electrons. The van der Waals surface area contributed by atoms with E-state index in [1.54, 1.807) is 0 Å². The molecule has 0 bridgehead atoms. The van der Waals surface area contributed by atoms with Gasteiger partial charge in [0.05, 0.1) is 0 Å². The summed E-state index contributed by atoms with van der Waals surface area (Å²) in [6, 6.07) is 6.41. The minimum absolute atomic E-state index is 0. The Kier molecular flexibility index (Phi) is 12.7. The summed E-state index contributed by atoms with van der Waals surface area (Å²) >= 11 is 0. The zero-order valence-corrected chi connectivity index (χ0v) is 15.3. The van der Waals surface area contributed by atoms with Crippen molar-refractivity contribution >= 4 is 5.69 Å². The van der Waals surface area contributed by atoms with E-state index in [1.807, 2.05) is 20.9 Å². The quantitative estimate of drug-likeness (QED) is 0.762. The van der Waals surface area contributed by atoms with Crippen molar-refractivity contribution < 1.29 is 58.2 Å². The molecular weight excluding hydrogens is 244 g/mol. The van der Waals surface area contributed by atoms with Gasteiger partial charge in [-0.25, -0.2) is 0 Å². The van der Waals surface area contributed by atoms with Gasteiger partial charge < -0.3 is 5.32 Å². The first-order chi connectivity index (χ1) is 6.27. The number of benzene rings is 1. The third kappa shape index (κ3) is 5.64. The van der Waals surface area contributed by atoms with E-state index in [-0.39, 0.29) is 58.2 Å². The van der Waals surface area contributed by atoms with Crippen LogP contribution >= 0.6 is 0 Å². The minimum Gasteiger partial charge on any atom is -0.687 e. The summed E-state index contributed by atoms with van der Waals surface area (Å²) in [6.45, 7) is 8.24. The van der Waals surface area contributed by atoms with Gasteiger partial charge in [-0.05, 0) is 13.3 Å². The molecule has 0 saturated carbocycles. The SMILES string of the molecule is CC.CCc1ccc(C)cc1[N-]C.[Rb+]. The van der Waals surface area contributed by atoms with Crippen molar-refractivity contribution in [1.82, 2.24) is 0 Å². The molecule has 0 atom stereocenters. The molecular formula is C12H20NRb. The van der Waals surface area contributed by atoms with Gasteiger partial charge in [-0.3, -0.25) is 0 Å². The molecule has 0 aliphatic heterocycles. The molecule has 0 radical (unpaired) electrons. The summed E-state index contributed by atoms with van der Waals surface area (Å²) in [5.41, 5.74) is 3.74. The first kappa shape index (κ1) is 17.2. The molecule has 1 nitrogen and oxygen atoms in total. The maximum atomic E-state index is 4.20. The van der Waals surface area contributed by atoms with Gasteiger partial charge >= 0.3 is 58.2 Å². The van der Waals surface area contributed by atoms with Gasteiger partial charge in [0.2, 0.25) is 0 Å². The molecule has 1 aromatic rings. The zero-order chi connectivity index (χ0) is 10.3. The van der Waals surface area contributed by atoms with Crippen molar-refractivity contribution in [2.24, 2.45) is 0 Å². The van der Waals surface area contributed by atoms with Gasteiger partial charge in [0.25, 0.3) is 0 Å². The smallest absolute Gasteiger partial charge is 0.687 e. The van der Waals surface area contributed by atoms with Crippen molar-refractivity contribution in [2.45, 2.75) is 34.1 Å². The summed E-state index contributed by atoms with van der Waals surface area (Å²) < 4.78 is 0. The van der Waals surface area contributed by atoms with Crippen LogP contribution in [0.3, 0.4) is 0 Å². The summed E-state index contributed by atoms with van der Waals surface area (Å²) in [5, 5.41) is 4.20. The van der Waals surface area contributed by atoms with Crippen LogP contribution in [0.15, 0.2) is 18.2 Å². The molecule has 0 N–H and O–H groups in total. The molecule has 1 rings (SSSR count). The Labute approximate surface area is 137 Å². The van der Waals surface area contributed by atoms with Gasteiger partial charge in [-0.1, -0.05) is 50.1 Å². The summed E-state index contributed by atoms with van der Waals surface area (Å²) in [4.78, 5) is 0. The second-order valence-electron chi connectivity index (χ2n) is 2.71. The first-order valence-electron chi connectivity index (χ1n) is 4.97. The number of hydrogen-bond donors (Lipinski definition) is 0. The third-order valence-electron chi connectivity index (χ3n) is 1.86. The van der Waals surface area contributed by atoms with E-state index < -0.39 is 0 Å². The van der Waals surface area contributed by atoms with Crippen LogP contribution in [0.25, 0.3) is 5.32 Å². The third-order valence-corrected chi connectivity index (χ3v) is 1.86. The fourth-order valence-corrected chi connectivity index (χ4v) is 1.18. The predicted molar refractivity (Wildman–Crippen MR) is 60.8 cm³/mol. The average molecular weight is 264 g/mol. The largest absolute Gasteiger partial charge is 1.00 e. The van der Waals surface area contributed by atoms with E-state index >= 15 is 0 Å². The zero-order valence-electron chi connectivity index (χ0n) is 10.4. The van der Waals surface area contributed by atoms with E-state index in [9.17, 15) is 0 Å². The number of hydrogen-bond acceptors (Lipinski definition) is 0. The number of nitrogens with zero attached hydrogens (tertiary/aromatic N) is 1. The van der Waals surface area contributed by atoms with Crippen molar-refractivity contribution in [3.63, 3.8) is 0 Å². The normalized spacial score (nSPS) is 8.07. The van der Waals surface area contributed by atoms with Crippen molar-refractivity contribution in [3.05, 3.63) is 34.6 Å². The standard InChI is InChI=1S/C10H14N.C2H6.Rb/c1-4-9-6-5-8(2)7-10(9)11-3;1-2;/h5-7H,4H2,1-3H3;1-2H3;/q-1;;+1. The molecule has 14 heavy (non-hydrogen) atoms. The predicted octanol–water partition coefficient (Wildman–Crippen LogP) is 1.22. The molecule has 1 aromatic carbocycles. The molecule has 0 unspecified atom stereocenters. The van der Waals surface area contributed by atoms with Gasteiger partial charge in [0, 0.05) is 0 Å². The Hall–Kier alpha value is 0.825. The van der Waals surface area contributed by atoms with Crippen LogP contribution in [-0.4, -0.2) is 7.05 Å². The van der Waals surface area contributed by atoms with E-state index in [1.165, 1.54) is 11.1 Å². The fraction of sp³-hybridized carbons (Fsp3) is 0.500. The molecule has 0 amide bonds. The molecule has 0 aromatic heterocycles. The topological polar surface area (TPSA) is 14.1 Å². The summed E-state index contributed by atoms with van der Waals surface area (Å²) in [6.07, 6.45) is 1.06. The van der Waals surface area contributed by atoms with Crippen molar-refractivity contribution in [2.75, 3.05) is 7.05 Å². The molecule has 2 heteroatoms. The fourth-order valence-electron chi connectivity index (χ4n) is 1.18. The Balaban J connectivity index is 0. The van der Waals surface area contributed by atoms with Crippen LogP contribution in [0.5, 0.6) is 0 Å². The van der Waals surface area contributed by atoms with Crippen LogP contribution < -0.4 is 58.2 Å².